The molecule has 0 aliphatic carbocycles. The van der Waals surface area contributed by atoms with Crippen LogP contribution in [0.3, 0.4) is 0 Å². The third kappa shape index (κ3) is 17.0. The largest absolute Gasteiger partial charge is 0.444 e. The van der Waals surface area contributed by atoms with Gasteiger partial charge in [0.25, 0.3) is 0 Å². The Morgan fingerprint density at radius 3 is 2.11 bits per heavy atom. The van der Waals surface area contributed by atoms with Crippen LogP contribution in [0.2, 0.25) is 0 Å². The monoisotopic (exact) mass is 762 g/mol. The molecule has 0 spiro atoms. The van der Waals surface area contributed by atoms with Crippen molar-refractivity contribution in [3.8, 4) is 0 Å². The number of thioether (sulfide) groups is 1. The molecule has 1 aromatic rings. The smallest absolute Gasteiger partial charge is 0.408 e. The minimum absolute atomic E-state index is 0.102. The predicted molar refractivity (Wildman–Crippen MR) is 213 cm³/mol. The Morgan fingerprint density at radius 2 is 1.55 bits per heavy atom. The van der Waals surface area contributed by atoms with Crippen molar-refractivity contribution in [2.45, 2.75) is 150 Å². The average molecular weight is 763 g/mol. The summed E-state index contributed by atoms with van der Waals surface area (Å²) in [6, 6.07) is 7.83. The summed E-state index contributed by atoms with van der Waals surface area (Å²) in [4.78, 5) is 53.4. The standard InChI is InChI=1S/C41H70N4O7S/c1-25(2)21-32(43-38(48)31(18-20-53-11)42-39(49)36(27(5)6)45-40(50)52-41(8,9)10)33(46)22-28(7)37(47)44-35(26(3)4)34-24-30(17-19-51-34)23-29-15-13-12-14-16-29/h12-16,25-28,30-36,46H,17-24H2,1-11H3,(H,42,49)(H,43,48)(H,44,47)(H,45,50)/t28-,30+,31+,32+,33+,34-,35+,36+/m1/s1. The van der Waals surface area contributed by atoms with Crippen LogP contribution >= 0.6 is 11.8 Å². The molecule has 5 N–H and O–H groups in total. The third-order valence-electron chi connectivity index (χ3n) is 9.64. The second kappa shape index (κ2) is 22.5. The van der Waals surface area contributed by atoms with Crippen LogP contribution in [-0.2, 0) is 30.3 Å². The lowest BCUT2D eigenvalue weighted by Gasteiger charge is -2.37. The van der Waals surface area contributed by atoms with E-state index in [0.717, 1.165) is 19.3 Å². The minimum Gasteiger partial charge on any atom is -0.444 e. The van der Waals surface area contributed by atoms with Gasteiger partial charge in [-0.25, -0.2) is 4.79 Å². The summed E-state index contributed by atoms with van der Waals surface area (Å²) < 4.78 is 11.6. The van der Waals surface area contributed by atoms with E-state index in [4.69, 9.17) is 9.47 Å². The zero-order valence-corrected chi connectivity index (χ0v) is 35.0. The number of hydrogen-bond acceptors (Lipinski definition) is 8. The van der Waals surface area contributed by atoms with Gasteiger partial charge in [0.05, 0.1) is 24.3 Å². The Labute approximate surface area is 323 Å². The first kappa shape index (κ1) is 46.3. The molecule has 4 amide bonds. The van der Waals surface area contributed by atoms with Crippen LogP contribution in [0.1, 0.15) is 107 Å². The van der Waals surface area contributed by atoms with Crippen LogP contribution < -0.4 is 21.3 Å². The van der Waals surface area contributed by atoms with Crippen molar-refractivity contribution in [2.75, 3.05) is 18.6 Å². The molecule has 1 fully saturated rings. The highest BCUT2D eigenvalue weighted by Gasteiger charge is 2.36. The van der Waals surface area contributed by atoms with Gasteiger partial charge < -0.3 is 35.8 Å². The molecule has 12 heteroatoms. The maximum absolute atomic E-state index is 13.8. The number of hydrogen-bond donors (Lipinski definition) is 5. The Kier molecular flexibility index (Phi) is 19.7. The highest BCUT2D eigenvalue weighted by atomic mass is 32.2. The summed E-state index contributed by atoms with van der Waals surface area (Å²) in [5.74, 6) is -0.519. The number of rotatable bonds is 20. The normalized spacial score (nSPS) is 19.8. The number of nitrogens with one attached hydrogen (secondary N) is 4. The van der Waals surface area contributed by atoms with Crippen LogP contribution in [0.5, 0.6) is 0 Å². The number of benzene rings is 1. The van der Waals surface area contributed by atoms with E-state index in [-0.39, 0.29) is 42.2 Å². The number of amides is 4. The summed E-state index contributed by atoms with van der Waals surface area (Å²) in [6.07, 6.45) is 3.90. The lowest BCUT2D eigenvalue weighted by molar-refractivity contribution is -0.132. The molecule has 0 aromatic heterocycles. The molecule has 11 nitrogen and oxygen atoms in total. The topological polar surface area (TPSA) is 155 Å². The van der Waals surface area contributed by atoms with E-state index >= 15 is 0 Å². The highest BCUT2D eigenvalue weighted by Crippen LogP contribution is 2.28. The zero-order chi connectivity index (χ0) is 39.9. The molecule has 2 rings (SSSR count). The number of carbonyl (C=O) groups is 4. The summed E-state index contributed by atoms with van der Waals surface area (Å²) in [7, 11) is 0. The SMILES string of the molecule is CSCC[C@H](NC(=O)[C@@H](NC(=O)OC(C)(C)C)C(C)C)C(=O)N[C@@H](CC(C)C)[C@@H](O)C[C@@H](C)C(=O)N[C@@H](C(C)C)[C@H]1C[C@H](Cc2ccccc2)CCO1. The van der Waals surface area contributed by atoms with Crippen molar-refractivity contribution >= 4 is 35.6 Å². The Hall–Kier alpha value is -2.83. The maximum atomic E-state index is 13.8. The van der Waals surface area contributed by atoms with Crippen LogP contribution in [0.15, 0.2) is 30.3 Å². The van der Waals surface area contributed by atoms with Crippen LogP contribution in [0.4, 0.5) is 4.79 Å². The first-order valence-electron chi connectivity index (χ1n) is 19.5. The number of aliphatic hydroxyl groups excluding tert-OH is 1. The molecule has 0 radical (unpaired) electrons. The molecule has 8 atom stereocenters. The number of aliphatic hydroxyl groups is 1. The predicted octanol–water partition coefficient (Wildman–Crippen LogP) is 5.87. The van der Waals surface area contributed by atoms with E-state index in [9.17, 15) is 24.3 Å². The Balaban J connectivity index is 2.10. The maximum Gasteiger partial charge on any atom is 0.408 e. The van der Waals surface area contributed by atoms with Crippen LogP contribution in [0, 0.1) is 29.6 Å². The molecule has 1 aromatic carbocycles. The third-order valence-corrected chi connectivity index (χ3v) is 10.3. The fourth-order valence-corrected chi connectivity index (χ4v) is 7.22. The molecule has 0 saturated carbocycles. The molecule has 1 aliphatic heterocycles. The first-order valence-corrected chi connectivity index (χ1v) is 20.9. The van der Waals surface area contributed by atoms with E-state index in [1.165, 1.54) is 5.56 Å². The van der Waals surface area contributed by atoms with Gasteiger partial charge in [0, 0.05) is 12.5 Å². The van der Waals surface area contributed by atoms with Gasteiger partial charge in [0.2, 0.25) is 17.7 Å². The summed E-state index contributed by atoms with van der Waals surface area (Å²) in [6.45, 7) is 19.5. The Morgan fingerprint density at radius 1 is 0.887 bits per heavy atom. The second-order valence-electron chi connectivity index (χ2n) is 16.9. The summed E-state index contributed by atoms with van der Waals surface area (Å²) in [5, 5.41) is 23.3. The number of alkyl carbamates (subject to hydrolysis) is 1. The van der Waals surface area contributed by atoms with Crippen molar-refractivity contribution < 1.29 is 33.8 Å². The van der Waals surface area contributed by atoms with Gasteiger partial charge in [-0.1, -0.05) is 78.8 Å². The van der Waals surface area contributed by atoms with Gasteiger partial charge in [-0.05, 0) is 101 Å². The fourth-order valence-electron chi connectivity index (χ4n) is 6.75. The lowest BCUT2D eigenvalue weighted by atomic mass is 9.84. The van der Waals surface area contributed by atoms with E-state index in [1.807, 2.05) is 26.2 Å². The van der Waals surface area contributed by atoms with E-state index in [2.05, 4.69) is 59.4 Å². The van der Waals surface area contributed by atoms with Gasteiger partial charge in [0.1, 0.15) is 17.7 Å². The van der Waals surface area contributed by atoms with Gasteiger partial charge in [-0.2, -0.15) is 11.8 Å². The minimum atomic E-state index is -1.00. The van der Waals surface area contributed by atoms with E-state index in [1.54, 1.807) is 53.3 Å². The van der Waals surface area contributed by atoms with Gasteiger partial charge >= 0.3 is 6.09 Å². The quantitative estimate of drug-likeness (QED) is 0.111. The van der Waals surface area contributed by atoms with Gasteiger partial charge in [0.15, 0.2) is 0 Å². The number of ether oxygens (including phenoxy) is 2. The molecule has 1 saturated heterocycles. The lowest BCUT2D eigenvalue weighted by Crippen LogP contribution is -2.58. The molecular formula is C41H70N4O7S. The van der Waals surface area contributed by atoms with Crippen molar-refractivity contribution in [3.63, 3.8) is 0 Å². The molecule has 1 aliphatic rings. The number of carbonyl (C=O) groups excluding carboxylic acids is 4. The molecule has 302 valence electrons. The fraction of sp³-hybridized carbons (Fsp3) is 0.756. The molecule has 0 bridgehead atoms. The van der Waals surface area contributed by atoms with E-state index in [0.29, 0.717) is 31.1 Å². The van der Waals surface area contributed by atoms with Crippen LogP contribution in [-0.4, -0.2) is 89.5 Å². The van der Waals surface area contributed by atoms with Crippen molar-refractivity contribution in [1.82, 2.24) is 21.3 Å². The van der Waals surface area contributed by atoms with Gasteiger partial charge in [-0.15, -0.1) is 0 Å². The first-order chi connectivity index (χ1) is 24.8. The van der Waals surface area contributed by atoms with Crippen LogP contribution in [0.25, 0.3) is 0 Å². The van der Waals surface area contributed by atoms with Crippen molar-refractivity contribution in [1.29, 1.82) is 0 Å². The average Bonchev–Trinajstić information content (AvgIpc) is 3.06. The summed E-state index contributed by atoms with van der Waals surface area (Å²) >= 11 is 1.55. The second-order valence-corrected chi connectivity index (χ2v) is 17.9. The molecule has 1 heterocycles. The van der Waals surface area contributed by atoms with Gasteiger partial charge in [-0.3, -0.25) is 14.4 Å². The van der Waals surface area contributed by atoms with Crippen molar-refractivity contribution in [3.05, 3.63) is 35.9 Å². The molecule has 53 heavy (non-hydrogen) atoms. The molecule has 0 unspecified atom stereocenters. The van der Waals surface area contributed by atoms with E-state index < -0.39 is 53.7 Å². The van der Waals surface area contributed by atoms with Crippen molar-refractivity contribution in [2.24, 2.45) is 29.6 Å². The highest BCUT2D eigenvalue weighted by molar-refractivity contribution is 7.98. The zero-order valence-electron chi connectivity index (χ0n) is 34.2. The summed E-state index contributed by atoms with van der Waals surface area (Å²) in [5.41, 5.74) is 0.571. The Bertz CT molecular complexity index is 1270. The molecular weight excluding hydrogens is 693 g/mol.